The lowest BCUT2D eigenvalue weighted by Crippen LogP contribution is -2.47. The van der Waals surface area contributed by atoms with Gasteiger partial charge in [-0.15, -0.1) is 0 Å². The number of carboxylic acids is 2. The molecule has 2 unspecified atom stereocenters. The molecule has 2 rings (SSSR count). The summed E-state index contributed by atoms with van der Waals surface area (Å²) < 4.78 is 31.2. The molecular weight excluding hydrogens is 499 g/mol. The molecule has 0 heterocycles. The quantitative estimate of drug-likeness (QED) is 0.217. The van der Waals surface area contributed by atoms with E-state index in [0.717, 1.165) is 11.1 Å². The summed E-state index contributed by atoms with van der Waals surface area (Å²) in [6, 6.07) is 18.1. The molecule has 36 heavy (non-hydrogen) atoms. The maximum absolute atomic E-state index is 13.8. The van der Waals surface area contributed by atoms with Gasteiger partial charge < -0.3 is 23.7 Å². The SMILES string of the molecule is CC(C)(C)[Si](C)(C)OC(CC(CP(=O)(OCc1ccccc1)OCc1ccccc1)C(=O)O)C(=O)O. The van der Waals surface area contributed by atoms with Gasteiger partial charge in [0.15, 0.2) is 8.32 Å². The second-order valence-electron chi connectivity index (χ2n) is 10.3. The van der Waals surface area contributed by atoms with Crippen molar-refractivity contribution in [1.82, 2.24) is 0 Å². The minimum absolute atomic E-state index is 0.0396. The van der Waals surface area contributed by atoms with Crippen LogP contribution in [0.5, 0.6) is 0 Å². The van der Waals surface area contributed by atoms with E-state index in [2.05, 4.69) is 0 Å². The Bertz CT molecular complexity index is 989. The summed E-state index contributed by atoms with van der Waals surface area (Å²) in [5.74, 6) is -3.85. The highest BCUT2D eigenvalue weighted by atomic mass is 31.2. The average molecular weight is 537 g/mol. The Morgan fingerprint density at radius 1 is 0.861 bits per heavy atom. The average Bonchev–Trinajstić information content (AvgIpc) is 2.81. The zero-order valence-electron chi connectivity index (χ0n) is 21.5. The Morgan fingerprint density at radius 3 is 1.67 bits per heavy atom. The Kier molecular flexibility index (Phi) is 10.6. The molecule has 2 aromatic rings. The van der Waals surface area contributed by atoms with Crippen LogP contribution in [0.3, 0.4) is 0 Å². The predicted octanol–water partition coefficient (Wildman–Crippen LogP) is 6.18. The zero-order valence-corrected chi connectivity index (χ0v) is 23.4. The van der Waals surface area contributed by atoms with Gasteiger partial charge in [-0.3, -0.25) is 9.36 Å². The van der Waals surface area contributed by atoms with Crippen LogP contribution in [0.25, 0.3) is 0 Å². The van der Waals surface area contributed by atoms with Gasteiger partial charge in [0.1, 0.15) is 6.10 Å². The van der Waals surface area contributed by atoms with Crippen molar-refractivity contribution in [2.75, 3.05) is 6.16 Å². The molecule has 2 aromatic carbocycles. The van der Waals surface area contributed by atoms with Gasteiger partial charge in [-0.25, -0.2) is 4.79 Å². The van der Waals surface area contributed by atoms with Gasteiger partial charge in [0.2, 0.25) is 0 Å². The van der Waals surface area contributed by atoms with E-state index < -0.39 is 46.0 Å². The number of benzene rings is 2. The first-order valence-corrected chi connectivity index (χ1v) is 16.5. The zero-order chi connectivity index (χ0) is 27.0. The van der Waals surface area contributed by atoms with E-state index in [0.29, 0.717) is 0 Å². The third kappa shape index (κ3) is 9.30. The van der Waals surface area contributed by atoms with Crippen LogP contribution in [0.1, 0.15) is 38.3 Å². The molecule has 0 radical (unpaired) electrons. The van der Waals surface area contributed by atoms with Gasteiger partial charge in [0.25, 0.3) is 0 Å². The normalized spacial score (nSPS) is 14.2. The number of aliphatic carboxylic acids is 2. The van der Waals surface area contributed by atoms with Crippen molar-refractivity contribution in [1.29, 1.82) is 0 Å². The van der Waals surface area contributed by atoms with E-state index in [1.54, 1.807) is 24.3 Å². The fourth-order valence-corrected chi connectivity index (χ4v) is 6.23. The van der Waals surface area contributed by atoms with E-state index in [4.69, 9.17) is 13.5 Å². The third-order valence-corrected chi connectivity index (χ3v) is 12.8. The summed E-state index contributed by atoms with van der Waals surface area (Å²) >= 11 is 0. The van der Waals surface area contributed by atoms with Gasteiger partial charge in [-0.1, -0.05) is 81.4 Å². The molecule has 0 aliphatic heterocycles. The van der Waals surface area contributed by atoms with Crippen LogP contribution in [0.4, 0.5) is 0 Å². The molecule has 2 N–H and O–H groups in total. The first-order chi connectivity index (χ1) is 16.7. The standard InChI is InChI=1S/C26H37O8PSi/c1-26(2,3)36(4,5)34-23(25(29)30)16-22(24(27)28)19-35(31,32-17-20-12-8-6-9-13-20)33-18-21-14-10-7-11-15-21/h6-15,22-23H,16-19H2,1-5H3,(H,27,28)(H,29,30). The van der Waals surface area contributed by atoms with E-state index in [1.807, 2.05) is 70.3 Å². The summed E-state index contributed by atoms with van der Waals surface area (Å²) in [5, 5.41) is 19.5. The van der Waals surface area contributed by atoms with E-state index in [1.165, 1.54) is 0 Å². The maximum Gasteiger partial charge on any atom is 0.332 e. The molecule has 0 fully saturated rings. The van der Waals surface area contributed by atoms with Crippen LogP contribution in [0.2, 0.25) is 18.1 Å². The molecule has 0 spiro atoms. The van der Waals surface area contributed by atoms with Gasteiger partial charge in [-0.05, 0) is 35.7 Å². The summed E-state index contributed by atoms with van der Waals surface area (Å²) in [7, 11) is -6.46. The number of hydrogen-bond donors (Lipinski definition) is 2. The third-order valence-electron chi connectivity index (χ3n) is 6.35. The summed E-state index contributed by atoms with van der Waals surface area (Å²) in [4.78, 5) is 24.2. The van der Waals surface area contributed by atoms with Crippen molar-refractivity contribution >= 4 is 27.9 Å². The topological polar surface area (TPSA) is 119 Å². The Morgan fingerprint density at radius 2 is 1.31 bits per heavy atom. The van der Waals surface area contributed by atoms with Crippen molar-refractivity contribution in [3.8, 4) is 0 Å². The molecule has 0 aromatic heterocycles. The molecule has 0 aliphatic carbocycles. The summed E-state index contributed by atoms with van der Waals surface area (Å²) in [5.41, 5.74) is 1.50. The molecular formula is C26H37O8PSi. The molecule has 10 heteroatoms. The number of carbonyl (C=O) groups is 2. The fraction of sp³-hybridized carbons (Fsp3) is 0.462. The molecule has 198 valence electrons. The van der Waals surface area contributed by atoms with Gasteiger partial charge in [-0.2, -0.15) is 0 Å². The Labute approximate surface area is 214 Å². The van der Waals surface area contributed by atoms with Crippen LogP contribution in [0, 0.1) is 5.92 Å². The van der Waals surface area contributed by atoms with Crippen molar-refractivity contribution in [3.05, 3.63) is 71.8 Å². The maximum atomic E-state index is 13.8. The van der Waals surface area contributed by atoms with Crippen molar-refractivity contribution in [2.24, 2.45) is 5.92 Å². The van der Waals surface area contributed by atoms with E-state index >= 15 is 0 Å². The highest BCUT2D eigenvalue weighted by Crippen LogP contribution is 2.52. The van der Waals surface area contributed by atoms with E-state index in [-0.39, 0.29) is 24.7 Å². The molecule has 0 aliphatic rings. The lowest BCUT2D eigenvalue weighted by molar-refractivity contribution is -0.148. The highest BCUT2D eigenvalue weighted by molar-refractivity contribution is 7.53. The van der Waals surface area contributed by atoms with Gasteiger partial charge in [0.05, 0.1) is 25.3 Å². The lowest BCUT2D eigenvalue weighted by Gasteiger charge is -2.38. The van der Waals surface area contributed by atoms with Crippen molar-refractivity contribution < 1.29 is 37.8 Å². The second-order valence-corrected chi connectivity index (χ2v) is 17.1. The van der Waals surface area contributed by atoms with Crippen molar-refractivity contribution in [3.63, 3.8) is 0 Å². The van der Waals surface area contributed by atoms with Crippen LogP contribution in [-0.4, -0.2) is 42.7 Å². The minimum atomic E-state index is -3.95. The minimum Gasteiger partial charge on any atom is -0.481 e. The monoisotopic (exact) mass is 536 g/mol. The van der Waals surface area contributed by atoms with Gasteiger partial charge in [0, 0.05) is 0 Å². The summed E-state index contributed by atoms with van der Waals surface area (Å²) in [6.07, 6.45) is -2.19. The van der Waals surface area contributed by atoms with Crippen molar-refractivity contribution in [2.45, 2.75) is 64.6 Å². The molecule has 8 nitrogen and oxygen atoms in total. The predicted molar refractivity (Wildman–Crippen MR) is 140 cm³/mol. The second kappa shape index (κ2) is 12.8. The Hall–Kier alpha value is -2.29. The number of carboxylic acid groups (broad SMARTS) is 2. The molecule has 2 atom stereocenters. The van der Waals surface area contributed by atoms with Crippen LogP contribution in [0.15, 0.2) is 60.7 Å². The van der Waals surface area contributed by atoms with Gasteiger partial charge >= 0.3 is 19.5 Å². The summed E-state index contributed by atoms with van der Waals surface area (Å²) in [6.45, 7) is 9.62. The largest absolute Gasteiger partial charge is 0.481 e. The molecule has 0 saturated carbocycles. The fourth-order valence-electron chi connectivity index (χ4n) is 3.15. The molecule has 0 amide bonds. The molecule has 0 saturated heterocycles. The molecule has 0 bridgehead atoms. The Balaban J connectivity index is 2.25. The number of hydrogen-bond acceptors (Lipinski definition) is 6. The van der Waals surface area contributed by atoms with Crippen LogP contribution >= 0.6 is 7.60 Å². The van der Waals surface area contributed by atoms with Crippen LogP contribution in [-0.2, 0) is 40.8 Å². The van der Waals surface area contributed by atoms with E-state index in [9.17, 15) is 24.4 Å². The van der Waals surface area contributed by atoms with Crippen LogP contribution < -0.4 is 0 Å². The first-order valence-electron chi connectivity index (χ1n) is 11.8. The first kappa shape index (κ1) is 29.9. The smallest absolute Gasteiger partial charge is 0.332 e. The number of rotatable bonds is 14. The highest BCUT2D eigenvalue weighted by Gasteiger charge is 2.43. The lowest BCUT2D eigenvalue weighted by atomic mass is 10.0.